The van der Waals surface area contributed by atoms with Gasteiger partial charge in [0.1, 0.15) is 0 Å². The summed E-state index contributed by atoms with van der Waals surface area (Å²) < 4.78 is 7.94. The lowest BCUT2D eigenvalue weighted by Crippen LogP contribution is -2.47. The number of aromatic nitrogens is 2. The smallest absolute Gasteiger partial charge is 0.193 e. The topological polar surface area (TPSA) is 63.0 Å². The van der Waals surface area contributed by atoms with Gasteiger partial charge in [-0.15, -0.1) is 11.3 Å². The maximum absolute atomic E-state index is 5.90. The Kier molecular flexibility index (Phi) is 3.75. The Hall–Kier alpha value is -1.60. The first kappa shape index (κ1) is 14.0. The summed E-state index contributed by atoms with van der Waals surface area (Å²) in [6, 6.07) is 0.391. The number of ether oxygens (including phenoxy) is 1. The van der Waals surface area contributed by atoms with Gasteiger partial charge < -0.3 is 15.4 Å². The maximum Gasteiger partial charge on any atom is 0.193 e. The van der Waals surface area contributed by atoms with Crippen molar-refractivity contribution in [2.45, 2.75) is 51.0 Å². The van der Waals surface area contributed by atoms with Crippen molar-refractivity contribution in [1.29, 1.82) is 0 Å². The molecule has 4 heterocycles. The minimum atomic E-state index is 0.354. The summed E-state index contributed by atoms with van der Waals surface area (Å²) in [4.78, 5) is 10.3. The zero-order chi connectivity index (χ0) is 14.9. The van der Waals surface area contributed by atoms with Crippen LogP contribution in [0, 0.1) is 0 Å². The lowest BCUT2D eigenvalue weighted by atomic mass is 9.96. The van der Waals surface area contributed by atoms with Crippen molar-refractivity contribution in [2.24, 2.45) is 4.99 Å². The Morgan fingerprint density at radius 2 is 2.50 bits per heavy atom. The van der Waals surface area contributed by atoms with Crippen LogP contribution < -0.4 is 10.6 Å². The first-order valence-corrected chi connectivity index (χ1v) is 8.81. The van der Waals surface area contributed by atoms with Crippen LogP contribution in [0.2, 0.25) is 0 Å². The van der Waals surface area contributed by atoms with E-state index in [4.69, 9.17) is 4.74 Å². The van der Waals surface area contributed by atoms with Crippen LogP contribution in [-0.2, 0) is 11.3 Å². The van der Waals surface area contributed by atoms with E-state index in [2.05, 4.69) is 27.5 Å². The molecule has 2 bridgehead atoms. The lowest BCUT2D eigenvalue weighted by molar-refractivity contribution is 0.0992. The Bertz CT molecular complexity index is 650. The molecule has 118 valence electrons. The zero-order valence-electron chi connectivity index (χ0n) is 12.7. The molecule has 0 aliphatic carbocycles. The van der Waals surface area contributed by atoms with E-state index >= 15 is 0 Å². The molecule has 22 heavy (non-hydrogen) atoms. The van der Waals surface area contributed by atoms with Gasteiger partial charge in [-0.05, 0) is 26.2 Å². The van der Waals surface area contributed by atoms with Gasteiger partial charge in [-0.25, -0.2) is 9.98 Å². The molecule has 2 saturated heterocycles. The van der Waals surface area contributed by atoms with Gasteiger partial charge in [0.2, 0.25) is 0 Å². The minimum Gasteiger partial charge on any atom is -0.373 e. The molecule has 4 rings (SSSR count). The number of nitrogens with one attached hydrogen (secondary N) is 2. The summed E-state index contributed by atoms with van der Waals surface area (Å²) in [6.07, 6.45) is 8.34. The molecular weight excluding hydrogens is 298 g/mol. The molecule has 7 heteroatoms. The summed E-state index contributed by atoms with van der Waals surface area (Å²) in [5.74, 6) is 0.861. The standard InChI is InChI=1S/C15H21N5OS/c1-2-16-14(19-12-7-11-3-4-13(12)21-11)17-8-10-9-20-5-6-22-15(20)18-10/h5-6,9,11-13H,2-4,7-8H2,1H3,(H2,16,17,19). The van der Waals surface area contributed by atoms with Gasteiger partial charge >= 0.3 is 0 Å². The molecule has 0 radical (unpaired) electrons. The van der Waals surface area contributed by atoms with E-state index in [0.29, 0.717) is 24.8 Å². The van der Waals surface area contributed by atoms with Crippen LogP contribution in [0.3, 0.4) is 0 Å². The first-order valence-electron chi connectivity index (χ1n) is 7.93. The molecule has 0 aromatic carbocycles. The van der Waals surface area contributed by atoms with Gasteiger partial charge in [0.25, 0.3) is 0 Å². The van der Waals surface area contributed by atoms with Crippen LogP contribution in [0.15, 0.2) is 22.8 Å². The predicted octanol–water partition coefficient (Wildman–Crippen LogP) is 1.77. The van der Waals surface area contributed by atoms with E-state index in [1.165, 1.54) is 12.8 Å². The molecule has 2 aromatic heterocycles. The van der Waals surface area contributed by atoms with Crippen LogP contribution in [0.25, 0.3) is 4.96 Å². The Balaban J connectivity index is 1.42. The van der Waals surface area contributed by atoms with Gasteiger partial charge in [-0.1, -0.05) is 0 Å². The van der Waals surface area contributed by atoms with Gasteiger partial charge in [0, 0.05) is 24.3 Å². The number of nitrogens with zero attached hydrogens (tertiary/aromatic N) is 3. The number of guanidine groups is 1. The fourth-order valence-electron chi connectivity index (χ4n) is 3.30. The number of imidazole rings is 1. The monoisotopic (exact) mass is 319 g/mol. The zero-order valence-corrected chi connectivity index (χ0v) is 13.5. The normalized spacial score (nSPS) is 27.7. The van der Waals surface area contributed by atoms with Crippen LogP contribution in [-0.4, -0.2) is 40.1 Å². The van der Waals surface area contributed by atoms with E-state index in [9.17, 15) is 0 Å². The van der Waals surface area contributed by atoms with Crippen molar-refractivity contribution in [2.75, 3.05) is 6.54 Å². The largest absolute Gasteiger partial charge is 0.373 e. The molecular formula is C15H21N5OS. The summed E-state index contributed by atoms with van der Waals surface area (Å²) in [5, 5.41) is 8.88. The van der Waals surface area contributed by atoms with E-state index in [0.717, 1.165) is 29.6 Å². The molecule has 0 saturated carbocycles. The van der Waals surface area contributed by atoms with Gasteiger partial charge in [0.15, 0.2) is 10.9 Å². The van der Waals surface area contributed by atoms with E-state index in [-0.39, 0.29) is 0 Å². The minimum absolute atomic E-state index is 0.354. The molecule has 0 spiro atoms. The van der Waals surface area contributed by atoms with E-state index in [1.54, 1.807) is 11.3 Å². The third kappa shape index (κ3) is 2.70. The van der Waals surface area contributed by atoms with Crippen LogP contribution in [0.4, 0.5) is 0 Å². The fourth-order valence-corrected chi connectivity index (χ4v) is 4.02. The highest BCUT2D eigenvalue weighted by Gasteiger charge is 2.41. The van der Waals surface area contributed by atoms with Crippen molar-refractivity contribution in [3.8, 4) is 0 Å². The number of fused-ring (bicyclic) bond motifs is 3. The van der Waals surface area contributed by atoms with Crippen molar-refractivity contribution in [1.82, 2.24) is 20.0 Å². The first-order chi connectivity index (χ1) is 10.8. The molecule has 3 atom stereocenters. The predicted molar refractivity (Wildman–Crippen MR) is 87.3 cm³/mol. The van der Waals surface area contributed by atoms with Crippen LogP contribution in [0.5, 0.6) is 0 Å². The quantitative estimate of drug-likeness (QED) is 0.666. The molecule has 3 unspecified atom stereocenters. The van der Waals surface area contributed by atoms with Gasteiger partial charge in [-0.3, -0.25) is 4.40 Å². The molecule has 0 amide bonds. The highest BCUT2D eigenvalue weighted by atomic mass is 32.1. The summed E-state index contributed by atoms with van der Waals surface area (Å²) in [6.45, 7) is 3.53. The molecule has 2 aliphatic heterocycles. The van der Waals surface area contributed by atoms with Gasteiger partial charge in [0.05, 0.1) is 30.5 Å². The Morgan fingerprint density at radius 3 is 3.23 bits per heavy atom. The Morgan fingerprint density at radius 1 is 1.55 bits per heavy atom. The molecule has 2 fully saturated rings. The number of hydrogen-bond donors (Lipinski definition) is 2. The average molecular weight is 319 g/mol. The van der Waals surface area contributed by atoms with Crippen molar-refractivity contribution >= 4 is 22.3 Å². The molecule has 2 N–H and O–H groups in total. The van der Waals surface area contributed by atoms with E-state index < -0.39 is 0 Å². The summed E-state index contributed by atoms with van der Waals surface area (Å²) >= 11 is 1.64. The number of rotatable bonds is 4. The summed E-state index contributed by atoms with van der Waals surface area (Å²) in [5.41, 5.74) is 0.994. The third-order valence-electron chi connectivity index (χ3n) is 4.31. The van der Waals surface area contributed by atoms with Crippen molar-refractivity contribution < 1.29 is 4.74 Å². The second-order valence-corrected chi connectivity index (χ2v) is 6.75. The number of aliphatic imine (C=N–C) groups is 1. The molecule has 2 aliphatic rings. The van der Waals surface area contributed by atoms with Crippen LogP contribution in [0.1, 0.15) is 31.9 Å². The summed E-state index contributed by atoms with van der Waals surface area (Å²) in [7, 11) is 0. The third-order valence-corrected chi connectivity index (χ3v) is 5.09. The maximum atomic E-state index is 5.90. The van der Waals surface area contributed by atoms with Crippen molar-refractivity contribution in [3.05, 3.63) is 23.5 Å². The highest BCUT2D eigenvalue weighted by Crippen LogP contribution is 2.34. The van der Waals surface area contributed by atoms with E-state index in [1.807, 2.05) is 22.2 Å². The molecule has 6 nitrogen and oxygen atoms in total. The lowest BCUT2D eigenvalue weighted by Gasteiger charge is -2.22. The second-order valence-electron chi connectivity index (χ2n) is 5.88. The number of thiazole rings is 1. The SMILES string of the molecule is CCNC(=NCc1cn2ccsc2n1)NC1CC2CCC1O2. The number of hydrogen-bond acceptors (Lipinski definition) is 4. The average Bonchev–Trinajstić information content (AvgIpc) is 3.24. The van der Waals surface area contributed by atoms with Crippen LogP contribution >= 0.6 is 11.3 Å². The second kappa shape index (κ2) is 5.89. The highest BCUT2D eigenvalue weighted by molar-refractivity contribution is 7.15. The van der Waals surface area contributed by atoms with Gasteiger partial charge in [-0.2, -0.15) is 0 Å². The Labute approximate surface area is 133 Å². The molecule has 2 aromatic rings. The fraction of sp³-hybridized carbons (Fsp3) is 0.600. The van der Waals surface area contributed by atoms with Crippen molar-refractivity contribution in [3.63, 3.8) is 0 Å².